The van der Waals surface area contributed by atoms with E-state index in [1.165, 1.54) is 0 Å². The van der Waals surface area contributed by atoms with Crippen molar-refractivity contribution in [1.82, 2.24) is 10.3 Å². The van der Waals surface area contributed by atoms with Crippen LogP contribution in [-0.4, -0.2) is 34.9 Å². The van der Waals surface area contributed by atoms with Gasteiger partial charge in [-0.2, -0.15) is 0 Å². The largest absolute Gasteiger partial charge is 0.396 e. The Morgan fingerprint density at radius 2 is 2.35 bits per heavy atom. The van der Waals surface area contributed by atoms with E-state index in [0.29, 0.717) is 12.1 Å². The maximum Gasteiger partial charge on any atom is 0.252 e. The molecule has 4 nitrogen and oxygen atoms in total. The van der Waals surface area contributed by atoms with Crippen molar-refractivity contribution in [1.29, 1.82) is 0 Å². The van der Waals surface area contributed by atoms with E-state index in [9.17, 15) is 4.79 Å². The molecule has 0 fully saturated rings. The molecule has 1 aromatic heterocycles. The Hall–Kier alpha value is -1.07. The van der Waals surface area contributed by atoms with Crippen LogP contribution in [0.1, 0.15) is 24.2 Å². The third kappa shape index (κ3) is 4.75. The van der Waals surface area contributed by atoms with Gasteiger partial charge in [0.05, 0.1) is 10.6 Å². The van der Waals surface area contributed by atoms with Crippen molar-refractivity contribution in [3.05, 3.63) is 23.9 Å². The molecule has 0 bridgehead atoms. The van der Waals surface area contributed by atoms with Crippen LogP contribution in [0, 0.1) is 5.92 Å². The SMILES string of the molecule is CCSc1ccc(C(=O)NCC(C)CO)cn1. The lowest BCUT2D eigenvalue weighted by atomic mass is 10.2. The first-order valence-electron chi connectivity index (χ1n) is 5.65. The summed E-state index contributed by atoms with van der Waals surface area (Å²) in [4.78, 5) is 15.9. The van der Waals surface area contributed by atoms with E-state index < -0.39 is 0 Å². The van der Waals surface area contributed by atoms with Crippen LogP contribution in [0.3, 0.4) is 0 Å². The van der Waals surface area contributed by atoms with E-state index in [1.54, 1.807) is 24.0 Å². The number of aliphatic hydroxyl groups is 1. The van der Waals surface area contributed by atoms with Crippen LogP contribution in [0.15, 0.2) is 23.4 Å². The zero-order chi connectivity index (χ0) is 12.7. The molecule has 0 spiro atoms. The van der Waals surface area contributed by atoms with Gasteiger partial charge in [0.15, 0.2) is 0 Å². The van der Waals surface area contributed by atoms with Gasteiger partial charge in [0, 0.05) is 19.3 Å². The highest BCUT2D eigenvalue weighted by Gasteiger charge is 2.07. The molecule has 1 amide bonds. The maximum absolute atomic E-state index is 11.7. The summed E-state index contributed by atoms with van der Waals surface area (Å²) in [5.74, 6) is 0.889. The van der Waals surface area contributed by atoms with Gasteiger partial charge in [0.25, 0.3) is 5.91 Å². The van der Waals surface area contributed by atoms with Gasteiger partial charge in [-0.1, -0.05) is 13.8 Å². The van der Waals surface area contributed by atoms with Gasteiger partial charge < -0.3 is 10.4 Å². The van der Waals surface area contributed by atoms with Crippen molar-refractivity contribution in [3.8, 4) is 0 Å². The summed E-state index contributed by atoms with van der Waals surface area (Å²) in [5, 5.41) is 12.5. The number of nitrogens with one attached hydrogen (secondary N) is 1. The molecule has 0 aliphatic rings. The van der Waals surface area contributed by atoms with Crippen molar-refractivity contribution >= 4 is 17.7 Å². The number of hydrogen-bond donors (Lipinski definition) is 2. The van der Waals surface area contributed by atoms with Gasteiger partial charge in [0.1, 0.15) is 0 Å². The summed E-state index contributed by atoms with van der Waals surface area (Å²) < 4.78 is 0. The van der Waals surface area contributed by atoms with E-state index in [2.05, 4.69) is 17.2 Å². The maximum atomic E-state index is 11.7. The second-order valence-electron chi connectivity index (χ2n) is 3.82. The van der Waals surface area contributed by atoms with Gasteiger partial charge in [-0.3, -0.25) is 4.79 Å². The number of aromatic nitrogens is 1. The highest BCUT2D eigenvalue weighted by molar-refractivity contribution is 7.99. The molecule has 0 radical (unpaired) electrons. The third-order valence-electron chi connectivity index (χ3n) is 2.21. The third-order valence-corrected chi connectivity index (χ3v) is 3.04. The van der Waals surface area contributed by atoms with Crippen LogP contribution >= 0.6 is 11.8 Å². The second kappa shape index (κ2) is 7.29. The molecule has 0 aliphatic heterocycles. The first-order valence-corrected chi connectivity index (χ1v) is 6.63. The molecule has 2 N–H and O–H groups in total. The highest BCUT2D eigenvalue weighted by atomic mass is 32.2. The number of aliphatic hydroxyl groups excluding tert-OH is 1. The average molecular weight is 254 g/mol. The lowest BCUT2D eigenvalue weighted by molar-refractivity contribution is 0.0942. The van der Waals surface area contributed by atoms with Crippen LogP contribution in [0.2, 0.25) is 0 Å². The van der Waals surface area contributed by atoms with E-state index >= 15 is 0 Å². The zero-order valence-corrected chi connectivity index (χ0v) is 11.0. The molecule has 0 saturated carbocycles. The van der Waals surface area contributed by atoms with E-state index in [1.807, 2.05) is 13.0 Å². The van der Waals surface area contributed by atoms with Crippen molar-refractivity contribution in [2.75, 3.05) is 18.9 Å². The zero-order valence-electron chi connectivity index (χ0n) is 10.1. The van der Waals surface area contributed by atoms with Crippen LogP contribution in [0.5, 0.6) is 0 Å². The predicted molar refractivity (Wildman–Crippen MR) is 69.2 cm³/mol. The minimum atomic E-state index is -0.147. The fourth-order valence-corrected chi connectivity index (χ4v) is 1.77. The fraction of sp³-hybridized carbons (Fsp3) is 0.500. The molecular formula is C12H18N2O2S. The number of pyridine rings is 1. The lowest BCUT2D eigenvalue weighted by Crippen LogP contribution is -2.29. The summed E-state index contributed by atoms with van der Waals surface area (Å²) >= 11 is 1.64. The van der Waals surface area contributed by atoms with E-state index in [0.717, 1.165) is 10.8 Å². The fourth-order valence-electron chi connectivity index (χ4n) is 1.18. The first kappa shape index (κ1) is 14.0. The summed E-state index contributed by atoms with van der Waals surface area (Å²) in [6.45, 7) is 4.48. The normalized spacial score (nSPS) is 12.2. The number of thioether (sulfide) groups is 1. The monoisotopic (exact) mass is 254 g/mol. The van der Waals surface area contributed by atoms with Crippen LogP contribution in [-0.2, 0) is 0 Å². The molecule has 1 heterocycles. The number of amides is 1. The number of carbonyl (C=O) groups excluding carboxylic acids is 1. The number of nitrogens with zero attached hydrogens (tertiary/aromatic N) is 1. The molecule has 17 heavy (non-hydrogen) atoms. The van der Waals surface area contributed by atoms with Gasteiger partial charge in [0.2, 0.25) is 0 Å². The smallest absolute Gasteiger partial charge is 0.252 e. The number of carbonyl (C=O) groups is 1. The molecule has 0 aromatic carbocycles. The molecule has 1 rings (SSSR count). The van der Waals surface area contributed by atoms with Gasteiger partial charge in [-0.15, -0.1) is 11.8 Å². The molecular weight excluding hydrogens is 236 g/mol. The topological polar surface area (TPSA) is 62.2 Å². The molecule has 94 valence electrons. The number of rotatable bonds is 6. The molecule has 1 unspecified atom stereocenters. The minimum Gasteiger partial charge on any atom is -0.396 e. The summed E-state index contributed by atoms with van der Waals surface area (Å²) in [5.41, 5.74) is 0.551. The molecule has 0 aliphatic carbocycles. The minimum absolute atomic E-state index is 0.0711. The molecule has 1 atom stereocenters. The van der Waals surface area contributed by atoms with E-state index in [4.69, 9.17) is 5.11 Å². The Kier molecular flexibility index (Phi) is 6.00. The van der Waals surface area contributed by atoms with Crippen molar-refractivity contribution < 1.29 is 9.90 Å². The molecule has 5 heteroatoms. The van der Waals surface area contributed by atoms with Crippen molar-refractivity contribution in [2.45, 2.75) is 18.9 Å². The lowest BCUT2D eigenvalue weighted by Gasteiger charge is -2.09. The summed E-state index contributed by atoms with van der Waals surface area (Å²) in [6.07, 6.45) is 1.58. The summed E-state index contributed by atoms with van der Waals surface area (Å²) in [6, 6.07) is 3.61. The second-order valence-corrected chi connectivity index (χ2v) is 5.10. The standard InChI is InChI=1S/C12H18N2O2S/c1-3-17-11-5-4-10(7-13-11)12(16)14-6-9(2)8-15/h4-5,7,9,15H,3,6,8H2,1-2H3,(H,14,16). The molecule has 1 aromatic rings. The Labute approximate surface area is 106 Å². The van der Waals surface area contributed by atoms with Gasteiger partial charge in [-0.25, -0.2) is 4.98 Å². The quantitative estimate of drug-likeness (QED) is 0.756. The Morgan fingerprint density at radius 1 is 1.59 bits per heavy atom. The van der Waals surface area contributed by atoms with Gasteiger partial charge >= 0.3 is 0 Å². The average Bonchev–Trinajstić information content (AvgIpc) is 2.36. The predicted octanol–water partition coefficient (Wildman–Crippen LogP) is 1.55. The number of hydrogen-bond acceptors (Lipinski definition) is 4. The first-order chi connectivity index (χ1) is 8.17. The Bertz CT molecular complexity index is 354. The van der Waals surface area contributed by atoms with Crippen LogP contribution in [0.25, 0.3) is 0 Å². The van der Waals surface area contributed by atoms with Crippen molar-refractivity contribution in [3.63, 3.8) is 0 Å². The van der Waals surface area contributed by atoms with Crippen LogP contribution in [0.4, 0.5) is 0 Å². The summed E-state index contributed by atoms with van der Waals surface area (Å²) in [7, 11) is 0. The van der Waals surface area contributed by atoms with Crippen LogP contribution < -0.4 is 5.32 Å². The Morgan fingerprint density at radius 3 is 2.88 bits per heavy atom. The van der Waals surface area contributed by atoms with Crippen molar-refractivity contribution in [2.24, 2.45) is 5.92 Å². The highest BCUT2D eigenvalue weighted by Crippen LogP contribution is 2.14. The Balaban J connectivity index is 2.51. The van der Waals surface area contributed by atoms with Gasteiger partial charge in [-0.05, 0) is 23.8 Å². The molecule has 0 saturated heterocycles. The van der Waals surface area contributed by atoms with E-state index in [-0.39, 0.29) is 18.4 Å².